The summed E-state index contributed by atoms with van der Waals surface area (Å²) in [5, 5.41) is 1.55. The Morgan fingerprint density at radius 3 is 2.55 bits per heavy atom. The average Bonchev–Trinajstić information content (AvgIpc) is 3.66. The van der Waals surface area contributed by atoms with Gasteiger partial charge in [0.25, 0.3) is 0 Å². The van der Waals surface area contributed by atoms with Crippen LogP contribution in [0.1, 0.15) is 41.2 Å². The van der Waals surface area contributed by atoms with Crippen molar-refractivity contribution in [2.45, 2.75) is 48.6 Å². The number of rotatable bonds is 6. The van der Waals surface area contributed by atoms with E-state index in [2.05, 4.69) is 36.4 Å². The Bertz CT molecular complexity index is 1360. The first-order valence-corrected chi connectivity index (χ1v) is 15.4. The van der Waals surface area contributed by atoms with Crippen molar-refractivity contribution >= 4 is 29.0 Å². The lowest BCUT2D eigenvalue weighted by molar-refractivity contribution is -0.136. The van der Waals surface area contributed by atoms with Crippen LogP contribution in [-0.2, 0) is 22.7 Å². The van der Waals surface area contributed by atoms with E-state index in [0.717, 1.165) is 21.2 Å². The van der Waals surface area contributed by atoms with Crippen molar-refractivity contribution in [1.29, 1.82) is 0 Å². The van der Waals surface area contributed by atoms with Gasteiger partial charge in [-0.15, -0.1) is 11.8 Å². The van der Waals surface area contributed by atoms with Gasteiger partial charge in [-0.3, -0.25) is 14.2 Å². The zero-order valence-electron chi connectivity index (χ0n) is 21.3. The van der Waals surface area contributed by atoms with E-state index in [1.807, 2.05) is 34.9 Å². The van der Waals surface area contributed by atoms with Gasteiger partial charge in [-0.05, 0) is 60.3 Å². The van der Waals surface area contributed by atoms with Gasteiger partial charge in [-0.1, -0.05) is 53.8 Å². The van der Waals surface area contributed by atoms with Crippen LogP contribution in [0, 0.1) is 17.8 Å². The van der Waals surface area contributed by atoms with Crippen molar-refractivity contribution in [3.63, 3.8) is 0 Å². The van der Waals surface area contributed by atoms with E-state index in [-0.39, 0.29) is 23.2 Å². The summed E-state index contributed by atoms with van der Waals surface area (Å²) in [6.07, 6.45) is 3.87. The molecule has 0 radical (unpaired) electrons. The first kappa shape index (κ1) is 24.5. The lowest BCUT2D eigenvalue weighted by Gasteiger charge is -2.40. The van der Waals surface area contributed by atoms with Crippen LogP contribution in [-0.4, -0.2) is 46.9 Å². The van der Waals surface area contributed by atoms with Crippen LogP contribution < -0.4 is 9.61 Å². The van der Waals surface area contributed by atoms with Gasteiger partial charge in [0.2, 0.25) is 5.91 Å². The Labute approximate surface area is 230 Å². The summed E-state index contributed by atoms with van der Waals surface area (Å²) in [4.78, 5) is 29.4. The van der Waals surface area contributed by atoms with Crippen LogP contribution in [0.3, 0.4) is 0 Å². The van der Waals surface area contributed by atoms with E-state index < -0.39 is 0 Å². The Morgan fingerprint density at radius 2 is 1.76 bits per heavy atom. The summed E-state index contributed by atoms with van der Waals surface area (Å²) in [6.45, 7) is 3.00. The largest absolute Gasteiger partial charge is 0.489 e. The number of amides is 1. The molecule has 6 nitrogen and oxygen atoms in total. The fourth-order valence-electron chi connectivity index (χ4n) is 7.02. The van der Waals surface area contributed by atoms with Crippen LogP contribution in [0.5, 0.6) is 5.75 Å². The molecule has 2 aromatic carbocycles. The smallest absolute Gasteiger partial charge is 0.308 e. The molecule has 3 aromatic rings. The highest BCUT2D eigenvalue weighted by atomic mass is 32.2. The number of hydrogen-bond acceptors (Lipinski definition) is 6. The minimum atomic E-state index is -0.00996. The molecule has 4 aliphatic rings. The molecular weight excluding hydrogens is 516 g/mol. The van der Waals surface area contributed by atoms with Crippen LogP contribution in [0.15, 0.2) is 64.4 Å². The third kappa shape index (κ3) is 4.40. The standard InChI is InChI=1S/C30H32N2O4S2/c33-24(31-12-14-35-15-13-31)17-32-29-28(38-30(32)34)25(26-21-6-7-22(16-21)27(26)37-29)20-8-10-23(11-9-20)36-18-19-4-2-1-3-5-19/h1-5,8-11,21-22,25-27H,6-7,12-18H2. The number of carbonyl (C=O) groups excluding carboxylic acids is 1. The Kier molecular flexibility index (Phi) is 6.58. The van der Waals surface area contributed by atoms with Gasteiger partial charge in [0, 0.05) is 29.1 Å². The molecule has 38 heavy (non-hydrogen) atoms. The summed E-state index contributed by atoms with van der Waals surface area (Å²) in [5.41, 5.74) is 2.40. The van der Waals surface area contributed by atoms with Crippen molar-refractivity contribution in [2.24, 2.45) is 17.8 Å². The number of carbonyl (C=O) groups is 1. The fourth-order valence-corrected chi connectivity index (χ4v) is 10.2. The second kappa shape index (κ2) is 10.2. The highest BCUT2D eigenvalue weighted by molar-refractivity contribution is 8.00. The number of benzene rings is 2. The molecule has 198 valence electrons. The van der Waals surface area contributed by atoms with Crippen LogP contribution >= 0.6 is 23.1 Å². The molecule has 1 aromatic heterocycles. The van der Waals surface area contributed by atoms with E-state index in [1.165, 1.54) is 36.2 Å². The Balaban J connectivity index is 1.18. The van der Waals surface area contributed by atoms with Gasteiger partial charge in [0.15, 0.2) is 0 Å². The van der Waals surface area contributed by atoms with E-state index in [1.54, 1.807) is 4.57 Å². The van der Waals surface area contributed by atoms with Gasteiger partial charge < -0.3 is 14.4 Å². The van der Waals surface area contributed by atoms with Crippen LogP contribution in [0.4, 0.5) is 0 Å². The lowest BCUT2D eigenvalue weighted by atomic mass is 9.75. The first-order chi connectivity index (χ1) is 18.7. The molecule has 0 spiro atoms. The molecule has 2 saturated carbocycles. The topological polar surface area (TPSA) is 60.8 Å². The number of fused-ring (bicyclic) bond motifs is 6. The SMILES string of the molecule is O=C(Cn1c2c(sc1=O)C(c1ccc(OCc3ccccc3)cc1)C1C3CCC(C3)C1S2)N1CCOCC1. The molecule has 2 bridgehead atoms. The lowest BCUT2D eigenvalue weighted by Crippen LogP contribution is -2.43. The van der Waals surface area contributed by atoms with Crippen molar-refractivity contribution < 1.29 is 14.3 Å². The number of morpholine rings is 1. The van der Waals surface area contributed by atoms with Crippen molar-refractivity contribution in [3.8, 4) is 5.75 Å². The number of aromatic nitrogens is 1. The van der Waals surface area contributed by atoms with Gasteiger partial charge in [0.1, 0.15) is 18.9 Å². The van der Waals surface area contributed by atoms with Gasteiger partial charge in [-0.25, -0.2) is 0 Å². The number of ether oxygens (including phenoxy) is 2. The van der Waals surface area contributed by atoms with E-state index in [9.17, 15) is 9.59 Å². The average molecular weight is 549 g/mol. The highest BCUT2D eigenvalue weighted by Crippen LogP contribution is 2.64. The third-order valence-electron chi connectivity index (χ3n) is 8.84. The molecule has 5 unspecified atom stereocenters. The molecular formula is C30H32N2O4S2. The van der Waals surface area contributed by atoms with Gasteiger partial charge in [-0.2, -0.15) is 0 Å². The Hall–Kier alpha value is -2.55. The summed E-state index contributed by atoms with van der Waals surface area (Å²) >= 11 is 3.24. The summed E-state index contributed by atoms with van der Waals surface area (Å²) in [7, 11) is 0. The molecule has 7 rings (SSSR count). The number of nitrogens with zero attached hydrogens (tertiary/aromatic N) is 2. The zero-order chi connectivity index (χ0) is 25.6. The van der Waals surface area contributed by atoms with Gasteiger partial charge in [0.05, 0.1) is 18.2 Å². The molecule has 1 saturated heterocycles. The predicted molar refractivity (Wildman–Crippen MR) is 149 cm³/mol. The molecule has 1 amide bonds. The van der Waals surface area contributed by atoms with Crippen molar-refractivity contribution in [1.82, 2.24) is 9.47 Å². The molecule has 8 heteroatoms. The first-order valence-electron chi connectivity index (χ1n) is 13.7. The Morgan fingerprint density at radius 1 is 1.00 bits per heavy atom. The highest BCUT2D eigenvalue weighted by Gasteiger charge is 2.55. The third-order valence-corrected chi connectivity index (χ3v) is 11.7. The molecule has 2 aliphatic heterocycles. The molecule has 3 fully saturated rings. The second-order valence-corrected chi connectivity index (χ2v) is 13.1. The maximum absolute atomic E-state index is 13.3. The quantitative estimate of drug-likeness (QED) is 0.434. The monoisotopic (exact) mass is 548 g/mol. The maximum Gasteiger partial charge on any atom is 0.308 e. The van der Waals surface area contributed by atoms with Crippen molar-refractivity contribution in [2.75, 3.05) is 26.3 Å². The summed E-state index contributed by atoms with van der Waals surface area (Å²) < 4.78 is 13.2. The van der Waals surface area contributed by atoms with Crippen LogP contribution in [0.25, 0.3) is 0 Å². The predicted octanol–water partition coefficient (Wildman–Crippen LogP) is 5.00. The normalized spacial score (nSPS) is 27.7. The van der Waals surface area contributed by atoms with E-state index in [0.29, 0.717) is 55.9 Å². The fraction of sp³-hybridized carbons (Fsp3) is 0.467. The van der Waals surface area contributed by atoms with Crippen LogP contribution in [0.2, 0.25) is 0 Å². The zero-order valence-corrected chi connectivity index (χ0v) is 22.9. The van der Waals surface area contributed by atoms with E-state index >= 15 is 0 Å². The molecule has 5 atom stereocenters. The second-order valence-electron chi connectivity index (χ2n) is 10.9. The number of hydrogen-bond donors (Lipinski definition) is 0. The molecule has 0 N–H and O–H groups in total. The van der Waals surface area contributed by atoms with E-state index in [4.69, 9.17) is 9.47 Å². The van der Waals surface area contributed by atoms with Crippen molar-refractivity contribution in [3.05, 3.63) is 80.3 Å². The number of thioether (sulfide) groups is 1. The summed E-state index contributed by atoms with van der Waals surface area (Å²) in [6, 6.07) is 18.7. The van der Waals surface area contributed by atoms with Gasteiger partial charge >= 0.3 is 4.87 Å². The number of thiazole rings is 1. The minimum Gasteiger partial charge on any atom is -0.489 e. The molecule has 3 heterocycles. The molecule has 2 aliphatic carbocycles. The maximum atomic E-state index is 13.3. The minimum absolute atomic E-state index is 0.00996. The summed E-state index contributed by atoms with van der Waals surface area (Å²) in [5.74, 6) is 3.04.